The monoisotopic (exact) mass is 803 g/mol. The molecule has 0 aliphatic carbocycles. The lowest BCUT2D eigenvalue weighted by molar-refractivity contribution is -0.144. The van der Waals surface area contributed by atoms with Crippen LogP contribution in [0.3, 0.4) is 0 Å². The number of aromatic nitrogens is 4. The average molecular weight is 804 g/mol. The van der Waals surface area contributed by atoms with E-state index in [1.807, 2.05) is 81.9 Å². The number of likely N-dealkylation sites (tertiary alicyclic amines) is 1. The fourth-order valence-corrected chi connectivity index (χ4v) is 7.94. The number of aromatic amines is 1. The number of fused-ring (bicyclic) bond motifs is 3. The van der Waals surface area contributed by atoms with Gasteiger partial charge in [0.05, 0.1) is 35.9 Å². The zero-order valence-electron chi connectivity index (χ0n) is 33.2. The summed E-state index contributed by atoms with van der Waals surface area (Å²) in [7, 11) is 0. The Balaban J connectivity index is 0.801. The van der Waals surface area contributed by atoms with Gasteiger partial charge in [0, 0.05) is 65.1 Å². The van der Waals surface area contributed by atoms with E-state index in [1.54, 1.807) is 28.6 Å². The minimum Gasteiger partial charge on any atom is -0.475 e. The zero-order valence-corrected chi connectivity index (χ0v) is 34.1. The number of amides is 3. The van der Waals surface area contributed by atoms with E-state index >= 15 is 0 Å². The number of thiazole rings is 1. The third kappa shape index (κ3) is 9.69. The molecule has 1 aliphatic heterocycles. The van der Waals surface area contributed by atoms with Crippen LogP contribution in [0.1, 0.15) is 44.9 Å². The summed E-state index contributed by atoms with van der Waals surface area (Å²) in [5.74, 6) is -0.406. The summed E-state index contributed by atoms with van der Waals surface area (Å²) in [5.41, 5.74) is 8.38. The van der Waals surface area contributed by atoms with Crippen molar-refractivity contribution in [3.05, 3.63) is 96.0 Å². The lowest BCUT2D eigenvalue weighted by Crippen LogP contribution is -2.58. The number of carbonyl (C=O) groups is 3. The Kier molecular flexibility index (Phi) is 12.8. The fourth-order valence-electron chi connectivity index (χ4n) is 7.13. The molecule has 13 nitrogen and oxygen atoms in total. The molecule has 3 amide bonds. The Hall–Kier alpha value is -5.70. The van der Waals surface area contributed by atoms with Gasteiger partial charge in [0.1, 0.15) is 25.3 Å². The van der Waals surface area contributed by atoms with Gasteiger partial charge in [-0.15, -0.1) is 11.3 Å². The molecule has 0 radical (unpaired) electrons. The van der Waals surface area contributed by atoms with Gasteiger partial charge in [-0.1, -0.05) is 57.2 Å². The van der Waals surface area contributed by atoms with Crippen LogP contribution in [-0.4, -0.2) is 94.2 Å². The van der Waals surface area contributed by atoms with E-state index in [2.05, 4.69) is 48.8 Å². The summed E-state index contributed by atoms with van der Waals surface area (Å²) in [6, 6.07) is 18.6. The summed E-state index contributed by atoms with van der Waals surface area (Å²) in [6.45, 7) is 9.29. The van der Waals surface area contributed by atoms with Crippen LogP contribution in [0.2, 0.25) is 0 Å². The third-order valence-corrected chi connectivity index (χ3v) is 11.2. The second-order valence-electron chi connectivity index (χ2n) is 15.4. The molecule has 14 heteroatoms. The van der Waals surface area contributed by atoms with Crippen LogP contribution >= 0.6 is 11.3 Å². The summed E-state index contributed by atoms with van der Waals surface area (Å²) in [5, 5.41) is 8.10. The Morgan fingerprint density at radius 3 is 2.43 bits per heavy atom. The quantitative estimate of drug-likeness (QED) is 0.0934. The van der Waals surface area contributed by atoms with Crippen molar-refractivity contribution in [2.75, 3.05) is 39.6 Å². The van der Waals surface area contributed by atoms with Crippen molar-refractivity contribution in [1.82, 2.24) is 35.5 Å². The van der Waals surface area contributed by atoms with Gasteiger partial charge in [-0.25, -0.2) is 9.97 Å². The number of rotatable bonds is 16. The molecule has 302 valence electrons. The van der Waals surface area contributed by atoms with Gasteiger partial charge >= 0.3 is 0 Å². The van der Waals surface area contributed by atoms with Crippen LogP contribution in [-0.2, 0) is 30.4 Å². The van der Waals surface area contributed by atoms with Crippen LogP contribution in [0.25, 0.3) is 43.4 Å². The first-order chi connectivity index (χ1) is 28.0. The van der Waals surface area contributed by atoms with Crippen molar-refractivity contribution in [2.24, 2.45) is 5.41 Å². The van der Waals surface area contributed by atoms with E-state index < -0.39 is 23.4 Å². The number of ether oxygens (including phenoxy) is 3. The highest BCUT2D eigenvalue weighted by Crippen LogP contribution is 2.30. The molecule has 1 fully saturated rings. The number of nitrogens with one attached hydrogen (secondary N) is 3. The molecule has 0 saturated carbocycles. The van der Waals surface area contributed by atoms with E-state index in [0.29, 0.717) is 45.0 Å². The van der Waals surface area contributed by atoms with Gasteiger partial charge < -0.3 is 34.7 Å². The number of hydrogen-bond acceptors (Lipinski definition) is 10. The van der Waals surface area contributed by atoms with Gasteiger partial charge in [0.25, 0.3) is 0 Å². The number of pyridine rings is 2. The van der Waals surface area contributed by atoms with Crippen LogP contribution in [0.15, 0.2) is 84.8 Å². The Bertz CT molecular complexity index is 2350. The zero-order chi connectivity index (χ0) is 40.6. The van der Waals surface area contributed by atoms with Crippen molar-refractivity contribution >= 4 is 50.9 Å². The Morgan fingerprint density at radius 1 is 0.897 bits per heavy atom. The minimum atomic E-state index is -0.836. The first-order valence-corrected chi connectivity index (χ1v) is 20.4. The van der Waals surface area contributed by atoms with E-state index in [4.69, 9.17) is 14.2 Å². The summed E-state index contributed by atoms with van der Waals surface area (Å²) in [6.07, 6.45) is 6.70. The van der Waals surface area contributed by atoms with Gasteiger partial charge in [0.2, 0.25) is 23.6 Å². The second kappa shape index (κ2) is 18.3. The van der Waals surface area contributed by atoms with E-state index in [9.17, 15) is 14.4 Å². The maximum atomic E-state index is 13.9. The molecule has 5 heterocycles. The molecule has 0 bridgehead atoms. The van der Waals surface area contributed by atoms with Gasteiger partial charge in [-0.05, 0) is 60.1 Å². The number of nitrogens with zero attached hydrogens (tertiary/aromatic N) is 4. The number of aryl methyl sites for hydroxylation is 1. The van der Waals surface area contributed by atoms with E-state index in [0.717, 1.165) is 54.6 Å². The van der Waals surface area contributed by atoms with E-state index in [-0.39, 0.29) is 31.6 Å². The van der Waals surface area contributed by atoms with Crippen molar-refractivity contribution in [3.8, 4) is 27.4 Å². The molecular weight excluding hydrogens is 755 g/mol. The molecular formula is C44H49N7O6S. The topological polar surface area (TPSA) is 161 Å². The summed E-state index contributed by atoms with van der Waals surface area (Å²) < 4.78 is 16.9. The molecule has 3 N–H and O–H groups in total. The number of benzene rings is 2. The molecule has 6 aromatic rings. The van der Waals surface area contributed by atoms with Crippen LogP contribution in [0.5, 0.6) is 5.88 Å². The molecule has 4 aromatic heterocycles. The lowest BCUT2D eigenvalue weighted by Gasteiger charge is -2.35. The maximum absolute atomic E-state index is 13.9. The average Bonchev–Trinajstić information content (AvgIpc) is 3.98. The van der Waals surface area contributed by atoms with E-state index in [1.165, 1.54) is 0 Å². The Morgan fingerprint density at radius 2 is 1.67 bits per heavy atom. The molecule has 7 rings (SSSR count). The van der Waals surface area contributed by atoms with Crippen LogP contribution < -0.4 is 15.4 Å². The number of hydrogen-bond donors (Lipinski definition) is 3. The fraction of sp³-hybridized carbons (Fsp3) is 0.364. The SMILES string of the molecule is Cc1ncsc1-c1ccc(CNC(=O)[C@@H]2CCCN2C(=O)C(NC(=O)COCCOCCOc2ccc(-c3ccc4c(c3)[nH]c3ccncc34)cn2)C(C)(C)C)cc1. The molecule has 1 aliphatic rings. The highest BCUT2D eigenvalue weighted by molar-refractivity contribution is 7.13. The van der Waals surface area contributed by atoms with Crippen LogP contribution in [0.4, 0.5) is 0 Å². The highest BCUT2D eigenvalue weighted by Gasteiger charge is 2.41. The number of H-pyrrole nitrogens is 1. The first kappa shape index (κ1) is 40.5. The molecule has 1 unspecified atom stereocenters. The summed E-state index contributed by atoms with van der Waals surface area (Å²) >= 11 is 1.60. The van der Waals surface area contributed by atoms with Crippen molar-refractivity contribution < 1.29 is 28.6 Å². The largest absolute Gasteiger partial charge is 0.475 e. The molecule has 58 heavy (non-hydrogen) atoms. The predicted octanol–water partition coefficient (Wildman–Crippen LogP) is 6.46. The minimum absolute atomic E-state index is 0.188. The second-order valence-corrected chi connectivity index (χ2v) is 16.3. The van der Waals surface area contributed by atoms with Gasteiger partial charge in [-0.3, -0.25) is 19.4 Å². The maximum Gasteiger partial charge on any atom is 0.246 e. The number of carbonyl (C=O) groups excluding carboxylic acids is 3. The van der Waals surface area contributed by atoms with Crippen LogP contribution in [0, 0.1) is 12.3 Å². The van der Waals surface area contributed by atoms with Crippen molar-refractivity contribution in [2.45, 2.75) is 59.2 Å². The third-order valence-electron chi connectivity index (χ3n) is 10.2. The normalized spacial score (nSPS) is 14.8. The highest BCUT2D eigenvalue weighted by atomic mass is 32.1. The van der Waals surface area contributed by atoms with Crippen molar-refractivity contribution in [1.29, 1.82) is 0 Å². The molecule has 2 atom stereocenters. The molecule has 0 spiro atoms. The molecule has 1 saturated heterocycles. The molecule has 2 aromatic carbocycles. The van der Waals surface area contributed by atoms with Gasteiger partial charge in [0.15, 0.2) is 0 Å². The predicted molar refractivity (Wildman–Crippen MR) is 224 cm³/mol. The lowest BCUT2D eigenvalue weighted by atomic mass is 9.85. The van der Waals surface area contributed by atoms with Gasteiger partial charge in [-0.2, -0.15) is 0 Å². The Labute approximate surface area is 341 Å². The first-order valence-electron chi connectivity index (χ1n) is 19.5. The smallest absolute Gasteiger partial charge is 0.246 e. The summed E-state index contributed by atoms with van der Waals surface area (Å²) in [4.78, 5) is 59.4. The van der Waals surface area contributed by atoms with Crippen molar-refractivity contribution in [3.63, 3.8) is 0 Å². The standard InChI is InChI=1S/C44H49N7O6S/c1-28-40(58-27-48-28)30-9-7-29(8-10-30)23-47-42(53)37-6-5-17-51(37)43(54)41(44(2,3)4)50-38(52)26-56-19-18-55-20-21-57-39-14-12-32(24-46-39)31-11-13-33-34-25-45-16-15-35(34)49-36(33)22-31/h7-16,22,24-25,27,37,41,49H,5-6,17-21,23,26H2,1-4H3,(H,47,53)(H,50,52)/t37-,41?/m0/s1.